The Hall–Kier alpha value is -1.43. The smallest absolute Gasteiger partial charge is 0.234 e. The first-order chi connectivity index (χ1) is 9.70. The molecule has 1 rings (SSSR count). The first kappa shape index (κ1) is 17.6. The van der Waals surface area contributed by atoms with Crippen molar-refractivity contribution in [1.29, 1.82) is 0 Å². The maximum atomic E-state index is 12.7. The van der Waals surface area contributed by atoms with E-state index in [1.54, 1.807) is 0 Å². The molecule has 0 aliphatic heterocycles. The molecule has 0 unspecified atom stereocenters. The summed E-state index contributed by atoms with van der Waals surface area (Å²) in [5.74, 6) is -0.730. The van der Waals surface area contributed by atoms with Gasteiger partial charge in [-0.2, -0.15) is 0 Å². The molecule has 1 atom stereocenters. The molecule has 0 radical (unpaired) electrons. The van der Waals surface area contributed by atoms with Crippen LogP contribution < -0.4 is 10.6 Å². The van der Waals surface area contributed by atoms with E-state index in [9.17, 15) is 14.0 Å². The average molecular weight is 359 g/mol. The zero-order valence-electron chi connectivity index (χ0n) is 12.4. The van der Waals surface area contributed by atoms with Gasteiger partial charge in [0.2, 0.25) is 11.8 Å². The highest BCUT2D eigenvalue weighted by atomic mass is 79.9. The molecule has 0 fully saturated rings. The monoisotopic (exact) mass is 358 g/mol. The van der Waals surface area contributed by atoms with Gasteiger partial charge in [0.25, 0.3) is 0 Å². The first-order valence-electron chi connectivity index (χ1n) is 6.67. The summed E-state index contributed by atoms with van der Waals surface area (Å²) in [5.41, 5.74) is 0.335. The number of anilines is 1. The van der Waals surface area contributed by atoms with Crippen LogP contribution in [0.1, 0.15) is 27.2 Å². The number of benzene rings is 1. The fraction of sp³-hybridized carbons (Fsp3) is 0.467. The van der Waals surface area contributed by atoms with Crippen LogP contribution in [0.25, 0.3) is 0 Å². The Morgan fingerprint density at radius 2 is 1.81 bits per heavy atom. The highest BCUT2D eigenvalue weighted by molar-refractivity contribution is 9.10. The fourth-order valence-corrected chi connectivity index (χ4v) is 1.70. The molecule has 2 amide bonds. The summed E-state index contributed by atoms with van der Waals surface area (Å²) in [6.07, 6.45) is 0.160. The van der Waals surface area contributed by atoms with Crippen molar-refractivity contribution in [3.05, 3.63) is 30.1 Å². The second-order valence-corrected chi connectivity index (χ2v) is 6.74. The minimum atomic E-state index is -0.356. The lowest BCUT2D eigenvalue weighted by atomic mass is 9.92. The molecule has 0 aliphatic rings. The lowest BCUT2D eigenvalue weighted by Gasteiger charge is -2.24. The van der Waals surface area contributed by atoms with Gasteiger partial charge in [0, 0.05) is 18.7 Å². The van der Waals surface area contributed by atoms with Crippen molar-refractivity contribution in [2.24, 2.45) is 5.41 Å². The number of carbonyl (C=O) groups is 2. The SMILES string of the molecule is CC(C)(C)[C@H](Br)C(=O)NCCC(=O)Nc1ccc(F)cc1. The molecule has 0 aliphatic carbocycles. The van der Waals surface area contributed by atoms with E-state index >= 15 is 0 Å². The maximum Gasteiger partial charge on any atom is 0.234 e. The predicted molar refractivity (Wildman–Crippen MR) is 84.8 cm³/mol. The third-order valence-electron chi connectivity index (χ3n) is 2.77. The Morgan fingerprint density at radius 3 is 2.33 bits per heavy atom. The van der Waals surface area contributed by atoms with Gasteiger partial charge in [-0.05, 0) is 29.7 Å². The Kier molecular flexibility index (Phi) is 6.33. The Balaban J connectivity index is 2.34. The molecule has 21 heavy (non-hydrogen) atoms. The van der Waals surface area contributed by atoms with Gasteiger partial charge in [0.1, 0.15) is 5.82 Å². The van der Waals surface area contributed by atoms with Crippen LogP contribution in [0.5, 0.6) is 0 Å². The van der Waals surface area contributed by atoms with E-state index in [0.29, 0.717) is 5.69 Å². The quantitative estimate of drug-likeness (QED) is 0.794. The number of nitrogens with one attached hydrogen (secondary N) is 2. The van der Waals surface area contributed by atoms with Crippen LogP contribution in [0.2, 0.25) is 0 Å². The average Bonchev–Trinajstić information content (AvgIpc) is 2.39. The van der Waals surface area contributed by atoms with Crippen LogP contribution in [0.4, 0.5) is 10.1 Å². The van der Waals surface area contributed by atoms with Crippen LogP contribution >= 0.6 is 15.9 Å². The van der Waals surface area contributed by atoms with Gasteiger partial charge in [0.15, 0.2) is 0 Å². The van der Waals surface area contributed by atoms with Crippen molar-refractivity contribution in [2.45, 2.75) is 32.0 Å². The van der Waals surface area contributed by atoms with Gasteiger partial charge in [-0.25, -0.2) is 4.39 Å². The molecule has 0 spiro atoms. The summed E-state index contributed by atoms with van der Waals surface area (Å²) in [7, 11) is 0. The summed E-state index contributed by atoms with van der Waals surface area (Å²) in [5, 5.41) is 5.34. The van der Waals surface area contributed by atoms with E-state index in [1.807, 2.05) is 20.8 Å². The van der Waals surface area contributed by atoms with E-state index < -0.39 is 0 Å². The van der Waals surface area contributed by atoms with E-state index in [2.05, 4.69) is 26.6 Å². The van der Waals surface area contributed by atoms with E-state index in [-0.39, 0.29) is 40.8 Å². The summed E-state index contributed by atoms with van der Waals surface area (Å²) >= 11 is 3.34. The maximum absolute atomic E-state index is 12.7. The normalized spacial score (nSPS) is 12.6. The molecule has 0 saturated heterocycles. The van der Waals surface area contributed by atoms with Crippen molar-refractivity contribution < 1.29 is 14.0 Å². The van der Waals surface area contributed by atoms with Gasteiger partial charge in [0.05, 0.1) is 4.83 Å². The minimum absolute atomic E-state index is 0.142. The molecular formula is C15H20BrFN2O2. The van der Waals surface area contributed by atoms with Crippen molar-refractivity contribution in [3.63, 3.8) is 0 Å². The number of hydrogen-bond acceptors (Lipinski definition) is 2. The summed E-state index contributed by atoms with van der Waals surface area (Å²) < 4.78 is 12.7. The van der Waals surface area contributed by atoms with E-state index in [4.69, 9.17) is 0 Å². The summed E-state index contributed by atoms with van der Waals surface area (Å²) in [6.45, 7) is 6.11. The lowest BCUT2D eigenvalue weighted by Crippen LogP contribution is -2.39. The third-order valence-corrected chi connectivity index (χ3v) is 4.56. The zero-order valence-corrected chi connectivity index (χ0v) is 14.0. The van der Waals surface area contributed by atoms with Gasteiger partial charge < -0.3 is 10.6 Å². The first-order valence-corrected chi connectivity index (χ1v) is 7.59. The second kappa shape index (κ2) is 7.54. The highest BCUT2D eigenvalue weighted by Gasteiger charge is 2.28. The van der Waals surface area contributed by atoms with E-state index in [1.165, 1.54) is 24.3 Å². The van der Waals surface area contributed by atoms with Crippen LogP contribution in [0.15, 0.2) is 24.3 Å². The largest absolute Gasteiger partial charge is 0.355 e. The molecular weight excluding hydrogens is 339 g/mol. The van der Waals surface area contributed by atoms with Crippen molar-refractivity contribution in [2.75, 3.05) is 11.9 Å². The number of carbonyl (C=O) groups excluding carboxylic acids is 2. The molecule has 1 aromatic rings. The summed E-state index contributed by atoms with van der Waals surface area (Å²) in [6, 6.07) is 5.52. The number of halogens is 2. The predicted octanol–water partition coefficient (Wildman–Crippen LogP) is 3.08. The molecule has 0 bridgehead atoms. The Bertz CT molecular complexity index is 497. The van der Waals surface area contributed by atoms with Gasteiger partial charge in [-0.3, -0.25) is 9.59 Å². The zero-order chi connectivity index (χ0) is 16.0. The standard InChI is InChI=1S/C15H20BrFN2O2/c1-15(2,3)13(16)14(21)18-9-8-12(20)19-11-6-4-10(17)5-7-11/h4-7,13H,8-9H2,1-3H3,(H,18,21)(H,19,20)/t13-/m1/s1. The fourth-order valence-electron chi connectivity index (χ4n) is 1.54. The number of hydrogen-bond donors (Lipinski definition) is 2. The van der Waals surface area contributed by atoms with E-state index in [0.717, 1.165) is 0 Å². The third kappa shape index (κ3) is 6.25. The summed E-state index contributed by atoms with van der Waals surface area (Å²) in [4.78, 5) is 23.2. The second-order valence-electron chi connectivity index (χ2n) is 5.82. The molecule has 0 saturated carbocycles. The molecule has 1 aromatic carbocycles. The van der Waals surface area contributed by atoms with Crippen LogP contribution in [0.3, 0.4) is 0 Å². The number of alkyl halides is 1. The van der Waals surface area contributed by atoms with Crippen molar-refractivity contribution >= 4 is 33.4 Å². The lowest BCUT2D eigenvalue weighted by molar-refractivity contribution is -0.122. The van der Waals surface area contributed by atoms with Gasteiger partial charge in [-0.1, -0.05) is 36.7 Å². The highest BCUT2D eigenvalue weighted by Crippen LogP contribution is 2.25. The van der Waals surface area contributed by atoms with Crippen LogP contribution in [0, 0.1) is 11.2 Å². The van der Waals surface area contributed by atoms with Gasteiger partial charge >= 0.3 is 0 Å². The van der Waals surface area contributed by atoms with Crippen LogP contribution in [-0.2, 0) is 9.59 Å². The Morgan fingerprint density at radius 1 is 1.24 bits per heavy atom. The molecule has 6 heteroatoms. The number of amides is 2. The van der Waals surface area contributed by atoms with Crippen LogP contribution in [-0.4, -0.2) is 23.2 Å². The van der Waals surface area contributed by atoms with Crippen molar-refractivity contribution in [3.8, 4) is 0 Å². The Labute approximate surface area is 132 Å². The van der Waals surface area contributed by atoms with Crippen molar-refractivity contribution in [1.82, 2.24) is 5.32 Å². The van der Waals surface area contributed by atoms with Gasteiger partial charge in [-0.15, -0.1) is 0 Å². The molecule has 4 nitrogen and oxygen atoms in total. The molecule has 2 N–H and O–H groups in total. The number of rotatable bonds is 5. The molecule has 0 aromatic heterocycles. The molecule has 0 heterocycles. The molecule has 116 valence electrons. The topological polar surface area (TPSA) is 58.2 Å². The minimum Gasteiger partial charge on any atom is -0.355 e.